The van der Waals surface area contributed by atoms with Crippen molar-refractivity contribution in [2.45, 2.75) is 26.2 Å². The Kier molecular flexibility index (Phi) is 3.70. The molecule has 106 valence electrons. The van der Waals surface area contributed by atoms with E-state index in [0.29, 0.717) is 11.8 Å². The summed E-state index contributed by atoms with van der Waals surface area (Å²) in [7, 11) is 0. The van der Waals surface area contributed by atoms with Gasteiger partial charge in [-0.15, -0.1) is 0 Å². The lowest BCUT2D eigenvalue weighted by atomic mass is 9.87. The van der Waals surface area contributed by atoms with Gasteiger partial charge in [0.1, 0.15) is 5.75 Å². The number of hydrogen-bond acceptors (Lipinski definition) is 2. The number of hydrogen-bond donors (Lipinski definition) is 0. The van der Waals surface area contributed by atoms with Crippen LogP contribution in [-0.2, 0) is 5.41 Å². The van der Waals surface area contributed by atoms with Crippen LogP contribution in [0.3, 0.4) is 0 Å². The van der Waals surface area contributed by atoms with Crippen LogP contribution < -0.4 is 4.74 Å². The van der Waals surface area contributed by atoms with Crippen LogP contribution in [-0.4, -0.2) is 4.98 Å². The average molecular weight is 281 g/mol. The molecule has 0 atom stereocenters. The lowest BCUT2D eigenvalue weighted by Crippen LogP contribution is -2.10. The van der Waals surface area contributed by atoms with Crippen molar-refractivity contribution in [3.05, 3.63) is 53.5 Å². The Balaban J connectivity index is 2.25. The summed E-state index contributed by atoms with van der Waals surface area (Å²) < 4.78 is 44.2. The molecule has 2 nitrogen and oxygen atoms in total. The molecule has 0 radical (unpaired) electrons. The minimum Gasteiger partial charge on any atom is -0.436 e. The summed E-state index contributed by atoms with van der Waals surface area (Å²) in [5, 5.41) is 0. The van der Waals surface area contributed by atoms with E-state index in [-0.39, 0.29) is 5.41 Å². The predicted molar refractivity (Wildman–Crippen MR) is 69.3 cm³/mol. The highest BCUT2D eigenvalue weighted by Gasteiger charge is 2.15. The quantitative estimate of drug-likeness (QED) is 0.751. The van der Waals surface area contributed by atoms with Gasteiger partial charge < -0.3 is 4.74 Å². The van der Waals surface area contributed by atoms with Crippen molar-refractivity contribution in [3.8, 4) is 11.6 Å². The smallest absolute Gasteiger partial charge is 0.258 e. The van der Waals surface area contributed by atoms with Crippen LogP contribution in [0.1, 0.15) is 26.3 Å². The van der Waals surface area contributed by atoms with Crippen LogP contribution in [0.15, 0.2) is 30.3 Å². The number of benzene rings is 1. The van der Waals surface area contributed by atoms with E-state index >= 15 is 0 Å². The van der Waals surface area contributed by atoms with Crippen molar-refractivity contribution in [2.24, 2.45) is 0 Å². The number of rotatable bonds is 2. The lowest BCUT2D eigenvalue weighted by Gasteiger charge is -2.19. The lowest BCUT2D eigenvalue weighted by molar-refractivity contribution is 0.387. The van der Waals surface area contributed by atoms with E-state index in [4.69, 9.17) is 4.74 Å². The first-order valence-corrected chi connectivity index (χ1v) is 6.07. The number of nitrogens with zero attached hydrogens (tertiary/aromatic N) is 1. The van der Waals surface area contributed by atoms with Gasteiger partial charge in [0.2, 0.25) is 0 Å². The van der Waals surface area contributed by atoms with Crippen molar-refractivity contribution in [1.29, 1.82) is 0 Å². The minimum atomic E-state index is -1.40. The van der Waals surface area contributed by atoms with Crippen molar-refractivity contribution < 1.29 is 17.9 Å². The maximum absolute atomic E-state index is 13.4. The molecule has 0 fully saturated rings. The van der Waals surface area contributed by atoms with Gasteiger partial charge in [0.25, 0.3) is 11.8 Å². The van der Waals surface area contributed by atoms with Gasteiger partial charge >= 0.3 is 0 Å². The van der Waals surface area contributed by atoms with Crippen LogP contribution in [0.4, 0.5) is 13.2 Å². The van der Waals surface area contributed by atoms with Crippen molar-refractivity contribution in [3.63, 3.8) is 0 Å². The summed E-state index contributed by atoms with van der Waals surface area (Å²) in [5.41, 5.74) is 1.05. The van der Waals surface area contributed by atoms with E-state index in [2.05, 4.69) is 25.8 Å². The van der Waals surface area contributed by atoms with Crippen LogP contribution in [0.2, 0.25) is 0 Å². The molecule has 0 aliphatic carbocycles. The molecular formula is C15H14F3NO. The van der Waals surface area contributed by atoms with E-state index in [1.807, 2.05) is 12.1 Å². The Morgan fingerprint density at radius 2 is 1.55 bits per heavy atom. The van der Waals surface area contributed by atoms with Crippen LogP contribution in [0.5, 0.6) is 11.6 Å². The maximum Gasteiger partial charge on any atom is 0.258 e. The van der Waals surface area contributed by atoms with Crippen LogP contribution in [0, 0.1) is 17.6 Å². The highest BCUT2D eigenvalue weighted by Crippen LogP contribution is 2.27. The largest absolute Gasteiger partial charge is 0.436 e. The third-order valence-electron chi connectivity index (χ3n) is 2.79. The molecule has 0 saturated carbocycles. The molecule has 1 aromatic carbocycles. The molecule has 2 rings (SSSR count). The Bertz CT molecular complexity index is 618. The van der Waals surface area contributed by atoms with E-state index in [0.717, 1.165) is 5.56 Å². The van der Waals surface area contributed by atoms with Crippen molar-refractivity contribution in [1.82, 2.24) is 4.98 Å². The number of pyridine rings is 1. The molecule has 1 heterocycles. The molecule has 0 spiro atoms. The molecular weight excluding hydrogens is 267 g/mol. The fraction of sp³-hybridized carbons (Fsp3) is 0.267. The SMILES string of the molecule is CC(C)(C)c1ccc(Oc2nc(F)c(F)cc2F)cc1. The highest BCUT2D eigenvalue weighted by molar-refractivity contribution is 5.33. The van der Waals surface area contributed by atoms with Crippen molar-refractivity contribution in [2.75, 3.05) is 0 Å². The van der Waals surface area contributed by atoms with Gasteiger partial charge in [0.15, 0.2) is 11.6 Å². The zero-order valence-corrected chi connectivity index (χ0v) is 11.4. The van der Waals surface area contributed by atoms with Crippen LogP contribution in [0.25, 0.3) is 0 Å². The van der Waals surface area contributed by atoms with Gasteiger partial charge in [-0.2, -0.15) is 9.37 Å². The standard InChI is InChI=1S/C15H14F3NO/c1-15(2,3)9-4-6-10(7-5-9)20-14-12(17)8-11(16)13(18)19-14/h4-8H,1-3H3. The molecule has 1 aromatic heterocycles. The van der Waals surface area contributed by atoms with Crippen molar-refractivity contribution >= 4 is 0 Å². The van der Waals surface area contributed by atoms with E-state index < -0.39 is 23.5 Å². The molecule has 0 saturated heterocycles. The Morgan fingerprint density at radius 1 is 0.950 bits per heavy atom. The first kappa shape index (κ1) is 14.4. The molecule has 0 bridgehead atoms. The van der Waals surface area contributed by atoms with E-state index in [1.165, 1.54) is 0 Å². The number of ether oxygens (including phenoxy) is 1. The minimum absolute atomic E-state index is 0.0238. The van der Waals surface area contributed by atoms with Gasteiger partial charge in [-0.05, 0) is 23.1 Å². The molecule has 0 N–H and O–H groups in total. The molecule has 0 unspecified atom stereocenters. The summed E-state index contributed by atoms with van der Waals surface area (Å²) in [6.07, 6.45) is 0. The summed E-state index contributed by atoms with van der Waals surface area (Å²) in [6.45, 7) is 6.16. The second-order valence-corrected chi connectivity index (χ2v) is 5.42. The molecule has 2 aromatic rings. The molecule has 20 heavy (non-hydrogen) atoms. The van der Waals surface area contributed by atoms with Gasteiger partial charge in [0.05, 0.1) is 0 Å². The fourth-order valence-electron chi connectivity index (χ4n) is 1.63. The molecule has 0 amide bonds. The first-order valence-electron chi connectivity index (χ1n) is 6.07. The first-order chi connectivity index (χ1) is 9.27. The Hall–Kier alpha value is -2.04. The average Bonchev–Trinajstić information content (AvgIpc) is 2.35. The maximum atomic E-state index is 13.4. The zero-order valence-electron chi connectivity index (χ0n) is 11.4. The van der Waals surface area contributed by atoms with E-state index in [9.17, 15) is 13.2 Å². The topological polar surface area (TPSA) is 22.1 Å². The van der Waals surface area contributed by atoms with Crippen LogP contribution >= 0.6 is 0 Å². The normalized spacial score (nSPS) is 11.5. The molecule has 0 aliphatic heterocycles. The summed E-state index contributed by atoms with van der Waals surface area (Å²) in [6, 6.07) is 7.31. The van der Waals surface area contributed by atoms with E-state index in [1.54, 1.807) is 12.1 Å². The highest BCUT2D eigenvalue weighted by atomic mass is 19.2. The third kappa shape index (κ3) is 3.10. The number of aromatic nitrogens is 1. The predicted octanol–water partition coefficient (Wildman–Crippen LogP) is 4.59. The zero-order chi connectivity index (χ0) is 14.9. The summed E-state index contributed by atoms with van der Waals surface area (Å²) in [4.78, 5) is 3.10. The van der Waals surface area contributed by atoms with Gasteiger partial charge in [-0.1, -0.05) is 32.9 Å². The molecule has 0 aliphatic rings. The second-order valence-electron chi connectivity index (χ2n) is 5.42. The number of halogens is 3. The Labute approximate surface area is 115 Å². The van der Waals surface area contributed by atoms with Gasteiger partial charge in [0, 0.05) is 6.07 Å². The second kappa shape index (κ2) is 5.15. The summed E-state index contributed by atoms with van der Waals surface area (Å²) >= 11 is 0. The van der Waals surface area contributed by atoms with Gasteiger partial charge in [-0.25, -0.2) is 8.78 Å². The Morgan fingerprint density at radius 3 is 2.10 bits per heavy atom. The molecule has 5 heteroatoms. The third-order valence-corrected chi connectivity index (χ3v) is 2.79. The van der Waals surface area contributed by atoms with Gasteiger partial charge in [-0.3, -0.25) is 0 Å². The monoisotopic (exact) mass is 281 g/mol. The fourth-order valence-corrected chi connectivity index (χ4v) is 1.63. The summed E-state index contributed by atoms with van der Waals surface area (Å²) in [5.74, 6) is -4.09.